The molecule has 2 aromatic rings. The van der Waals surface area contributed by atoms with Gasteiger partial charge in [0.15, 0.2) is 0 Å². The van der Waals surface area contributed by atoms with Crippen LogP contribution >= 0.6 is 0 Å². The monoisotopic (exact) mass is 659 g/mol. The van der Waals surface area contributed by atoms with Crippen LogP contribution in [0.2, 0.25) is 0 Å². The van der Waals surface area contributed by atoms with Crippen molar-refractivity contribution in [2.24, 2.45) is 11.8 Å². The van der Waals surface area contributed by atoms with Crippen molar-refractivity contribution in [3.63, 3.8) is 0 Å². The third-order valence-corrected chi connectivity index (χ3v) is 11.3. The normalized spacial score (nSPS) is 23.4. The maximum absolute atomic E-state index is 12.8. The zero-order chi connectivity index (χ0) is 32.4. The van der Waals surface area contributed by atoms with Gasteiger partial charge in [0, 0.05) is 25.0 Å². The lowest BCUT2D eigenvalue weighted by Gasteiger charge is -2.57. The van der Waals surface area contributed by atoms with E-state index in [0.29, 0.717) is 12.6 Å². The van der Waals surface area contributed by atoms with Crippen molar-refractivity contribution >= 4 is 21.7 Å². The number of unbranched alkanes of at least 4 members (excludes halogenated alkanes) is 2. The molecular formula is C33H49N5O7S. The quantitative estimate of drug-likeness (QED) is 0.195. The topological polar surface area (TPSA) is 144 Å². The highest BCUT2D eigenvalue weighted by molar-refractivity contribution is 7.91. The van der Waals surface area contributed by atoms with E-state index in [4.69, 9.17) is 9.47 Å². The second-order valence-corrected chi connectivity index (χ2v) is 14.6. The van der Waals surface area contributed by atoms with Gasteiger partial charge in [-0.2, -0.15) is 0 Å². The number of nitrogens with zero attached hydrogens (tertiary/aromatic N) is 4. The molecule has 4 atom stereocenters. The van der Waals surface area contributed by atoms with Crippen LogP contribution in [0.1, 0.15) is 77.6 Å². The molecule has 0 saturated carbocycles. The van der Waals surface area contributed by atoms with E-state index < -0.39 is 14.9 Å². The minimum Gasteiger partial charge on any atom is -0.472 e. The third-order valence-electron chi connectivity index (χ3n) is 9.69. The summed E-state index contributed by atoms with van der Waals surface area (Å²) in [6.45, 7) is 7.64. The molecule has 1 aromatic carbocycles. The molecule has 1 N–H and O–H groups in total. The van der Waals surface area contributed by atoms with Gasteiger partial charge in [0.2, 0.25) is 15.7 Å². The second kappa shape index (κ2) is 16.7. The molecule has 3 fully saturated rings. The summed E-state index contributed by atoms with van der Waals surface area (Å²) in [6.07, 6.45) is 10.8. The minimum atomic E-state index is -3.96. The largest absolute Gasteiger partial charge is 0.472 e. The number of amides is 1. The molecule has 254 valence electrons. The summed E-state index contributed by atoms with van der Waals surface area (Å²) in [7, 11) is -3.96. The van der Waals surface area contributed by atoms with Gasteiger partial charge < -0.3 is 14.8 Å². The average Bonchev–Trinajstić information content (AvgIpc) is 3.56. The van der Waals surface area contributed by atoms with Crippen LogP contribution in [0.25, 0.3) is 0 Å². The van der Waals surface area contributed by atoms with E-state index >= 15 is 0 Å². The van der Waals surface area contributed by atoms with Crippen molar-refractivity contribution in [1.82, 2.24) is 25.4 Å². The molecule has 1 amide bonds. The van der Waals surface area contributed by atoms with Crippen LogP contribution in [0, 0.1) is 11.8 Å². The zero-order valence-corrected chi connectivity index (χ0v) is 27.8. The van der Waals surface area contributed by atoms with E-state index in [2.05, 4.69) is 37.0 Å². The highest BCUT2D eigenvalue weighted by Crippen LogP contribution is 2.43. The summed E-state index contributed by atoms with van der Waals surface area (Å²) in [4.78, 5) is 30.2. The molecule has 1 unspecified atom stereocenters. The highest BCUT2D eigenvalue weighted by atomic mass is 32.2. The van der Waals surface area contributed by atoms with Gasteiger partial charge in [0.25, 0.3) is 10.9 Å². The smallest absolute Gasteiger partial charge is 0.306 e. The number of sulfone groups is 1. The lowest BCUT2D eigenvalue weighted by Crippen LogP contribution is -2.64. The molecule has 0 spiro atoms. The first-order valence-electron chi connectivity index (χ1n) is 17.0. The van der Waals surface area contributed by atoms with Crippen LogP contribution in [-0.4, -0.2) is 98.4 Å². The summed E-state index contributed by atoms with van der Waals surface area (Å²) in [6, 6.07) is 9.14. The molecule has 0 bridgehead atoms. The Morgan fingerprint density at radius 3 is 2.63 bits per heavy atom. The molecule has 46 heavy (non-hydrogen) atoms. The Balaban J connectivity index is 0.966. The number of rotatable bonds is 17. The first-order valence-corrected chi connectivity index (χ1v) is 18.5. The fourth-order valence-electron chi connectivity index (χ4n) is 7.59. The Kier molecular flexibility index (Phi) is 12.4. The summed E-state index contributed by atoms with van der Waals surface area (Å²) < 4.78 is 41.0. The maximum atomic E-state index is 12.8. The second-order valence-electron chi connectivity index (χ2n) is 12.8. The summed E-state index contributed by atoms with van der Waals surface area (Å²) in [5.41, 5.74) is 0. The predicted octanol–water partition coefficient (Wildman–Crippen LogP) is 3.87. The highest BCUT2D eigenvalue weighted by Gasteiger charge is 2.47. The van der Waals surface area contributed by atoms with Gasteiger partial charge in [-0.05, 0) is 105 Å². The van der Waals surface area contributed by atoms with E-state index in [0.717, 1.165) is 37.1 Å². The molecule has 0 radical (unpaired) electrons. The van der Waals surface area contributed by atoms with E-state index in [9.17, 15) is 18.0 Å². The number of carbonyl (C=O) groups is 2. The van der Waals surface area contributed by atoms with Crippen LogP contribution in [0.3, 0.4) is 0 Å². The van der Waals surface area contributed by atoms with Gasteiger partial charge in [-0.1, -0.05) is 31.5 Å². The molecule has 3 aliphatic rings. The molecular weight excluding hydrogens is 610 g/mol. The Bertz CT molecular complexity index is 1370. The molecule has 13 heteroatoms. The molecule has 1 aromatic heterocycles. The lowest BCUT2D eigenvalue weighted by atomic mass is 9.69. The molecule has 3 saturated heterocycles. The number of likely N-dealkylation sites (tertiary alicyclic amines) is 1. The first kappa shape index (κ1) is 34.3. The van der Waals surface area contributed by atoms with Crippen LogP contribution in [0.15, 0.2) is 44.9 Å². The number of hydrogen-bond acceptors (Lipinski definition) is 11. The van der Waals surface area contributed by atoms with Crippen molar-refractivity contribution in [3.05, 3.63) is 30.3 Å². The fraction of sp³-hybridized carbons (Fsp3) is 0.697. The zero-order valence-electron chi connectivity index (χ0n) is 27.0. The predicted molar refractivity (Wildman–Crippen MR) is 170 cm³/mol. The van der Waals surface area contributed by atoms with Crippen LogP contribution in [0.5, 0.6) is 5.88 Å². The van der Waals surface area contributed by atoms with Gasteiger partial charge in [0.1, 0.15) is 6.61 Å². The summed E-state index contributed by atoms with van der Waals surface area (Å²) in [5, 5.41) is 9.24. The number of carbonyl (C=O) groups excluding carboxylic acids is 2. The van der Waals surface area contributed by atoms with Gasteiger partial charge in [-0.15, -0.1) is 0 Å². The van der Waals surface area contributed by atoms with E-state index in [1.54, 1.807) is 18.2 Å². The number of benzene rings is 1. The van der Waals surface area contributed by atoms with E-state index in [1.807, 2.05) is 0 Å². The fourth-order valence-corrected chi connectivity index (χ4v) is 8.79. The first-order chi connectivity index (χ1) is 22.4. The number of hydrogen-bond donors (Lipinski definition) is 1. The number of esters is 1. The standard InChI is InChI=1S/C33H49N5O7S/c1-2-3-19-38-24-25-11-9-20-37-21-10-14-27(31(25)37)28(38)15-7-8-22-43-30(40)17-16-29(39)34-18-23-44-32-33(36-45-35-32)46(41,42)26-12-5-4-6-13-26/h4-6,12-13,25,27-28,31H,2-3,7-11,14-24H2,1H3,(H,34,39)/t25-,27+,28?,31-/m1/s1. The number of piperidine rings is 3. The van der Waals surface area contributed by atoms with Crippen molar-refractivity contribution in [2.75, 3.05) is 45.9 Å². The third kappa shape index (κ3) is 8.65. The van der Waals surface area contributed by atoms with Crippen LogP contribution in [0.4, 0.5) is 0 Å². The van der Waals surface area contributed by atoms with E-state index in [1.165, 1.54) is 76.8 Å². The lowest BCUT2D eigenvalue weighted by molar-refractivity contribution is -0.145. The Hall–Kier alpha value is -3.03. The van der Waals surface area contributed by atoms with Crippen molar-refractivity contribution in [3.8, 4) is 5.88 Å². The van der Waals surface area contributed by atoms with Crippen LogP contribution < -0.4 is 10.1 Å². The van der Waals surface area contributed by atoms with Gasteiger partial charge in [-0.3, -0.25) is 19.4 Å². The molecule has 5 rings (SSSR count). The molecule has 3 aliphatic heterocycles. The Labute approximate surface area is 272 Å². The summed E-state index contributed by atoms with van der Waals surface area (Å²) in [5.74, 6) is 0.583. The van der Waals surface area contributed by atoms with Gasteiger partial charge in [-0.25, -0.2) is 13.0 Å². The Morgan fingerprint density at radius 2 is 1.83 bits per heavy atom. The molecule has 4 heterocycles. The number of nitrogens with one attached hydrogen (secondary N) is 1. The minimum absolute atomic E-state index is 0.00619. The average molecular weight is 660 g/mol. The van der Waals surface area contributed by atoms with Gasteiger partial charge >= 0.3 is 5.97 Å². The number of aromatic nitrogens is 2. The molecule has 12 nitrogen and oxygen atoms in total. The van der Waals surface area contributed by atoms with Gasteiger partial charge in [0.05, 0.1) is 24.5 Å². The maximum Gasteiger partial charge on any atom is 0.306 e. The van der Waals surface area contributed by atoms with E-state index in [-0.39, 0.29) is 48.6 Å². The summed E-state index contributed by atoms with van der Waals surface area (Å²) >= 11 is 0. The van der Waals surface area contributed by atoms with Crippen LogP contribution in [-0.2, 0) is 24.2 Å². The Morgan fingerprint density at radius 1 is 1.02 bits per heavy atom. The van der Waals surface area contributed by atoms with Crippen molar-refractivity contribution in [1.29, 1.82) is 0 Å². The molecule has 0 aliphatic carbocycles. The van der Waals surface area contributed by atoms with Crippen molar-refractivity contribution < 1.29 is 32.1 Å². The number of ether oxygens (including phenoxy) is 2. The SMILES string of the molecule is CCCCN1C[C@H]2CCCN3CCC[C@@H](C1CCCCOC(=O)CCC(=O)NCCOc1nonc1S(=O)(=O)c1ccccc1)[C@@H]23. The van der Waals surface area contributed by atoms with Crippen molar-refractivity contribution in [2.45, 2.75) is 99.6 Å².